The number of hydrogen-bond donors (Lipinski definition) is 1. The Morgan fingerprint density at radius 3 is 1.47 bits per heavy atom. The molecule has 8 aromatic rings. The molecule has 0 spiro atoms. The van der Waals surface area contributed by atoms with Gasteiger partial charge in [0.1, 0.15) is 23.2 Å². The van der Waals surface area contributed by atoms with Crippen LogP contribution in [0.25, 0.3) is 32.7 Å². The first-order chi connectivity index (χ1) is 27.4. The Labute approximate surface area is 339 Å². The van der Waals surface area contributed by atoms with Gasteiger partial charge < -0.3 is 5.32 Å². The van der Waals surface area contributed by atoms with Crippen molar-refractivity contribution in [2.24, 2.45) is 0 Å². The highest BCUT2D eigenvalue weighted by Gasteiger charge is 2.48. The second kappa shape index (κ2) is 15.3. The zero-order chi connectivity index (χ0) is 39.8. The molecule has 57 heavy (non-hydrogen) atoms. The third kappa shape index (κ3) is 7.43. The van der Waals surface area contributed by atoms with Crippen LogP contribution in [0.1, 0.15) is 68.6 Å². The zero-order valence-corrected chi connectivity index (χ0v) is 34.8. The van der Waals surface area contributed by atoms with Crippen LogP contribution in [0.3, 0.4) is 0 Å². The Bertz CT molecular complexity index is 2630. The minimum absolute atomic E-state index is 0.0282. The predicted molar refractivity (Wildman–Crippen MR) is 248 cm³/mol. The maximum absolute atomic E-state index is 14.1. The quantitative estimate of drug-likeness (QED) is 0.154. The van der Waals surface area contributed by atoms with Crippen molar-refractivity contribution in [1.29, 1.82) is 0 Å². The number of carbonyl (C=O) groups excluding carboxylic acids is 1. The zero-order valence-electron chi connectivity index (χ0n) is 33.9. The highest BCUT2D eigenvalue weighted by atomic mass is 31.2. The second-order valence-corrected chi connectivity index (χ2v) is 20.7. The smallest absolute Gasteiger partial charge is 0.255 e. The molecule has 0 atom stereocenters. The van der Waals surface area contributed by atoms with Crippen molar-refractivity contribution in [3.63, 3.8) is 0 Å². The molecular formula is C54H51NOP+. The van der Waals surface area contributed by atoms with E-state index in [1.165, 1.54) is 32.6 Å². The van der Waals surface area contributed by atoms with E-state index in [-0.39, 0.29) is 16.7 Å². The minimum Gasteiger partial charge on any atom is -0.321 e. The van der Waals surface area contributed by atoms with E-state index >= 15 is 0 Å². The molecule has 2 nitrogen and oxygen atoms in total. The van der Waals surface area contributed by atoms with E-state index in [1.54, 1.807) is 0 Å². The van der Waals surface area contributed by atoms with Gasteiger partial charge in [0, 0.05) is 22.4 Å². The third-order valence-corrected chi connectivity index (χ3v) is 15.7. The molecule has 0 unspecified atom stereocenters. The first kappa shape index (κ1) is 38.1. The normalized spacial score (nSPS) is 12.2. The summed E-state index contributed by atoms with van der Waals surface area (Å²) in [5.74, 6) is -0.130. The molecule has 8 rings (SSSR count). The molecule has 0 radical (unpaired) electrons. The number of amides is 1. The lowest BCUT2D eigenvalue weighted by atomic mass is 9.80. The highest BCUT2D eigenvalue weighted by Crippen LogP contribution is 2.61. The largest absolute Gasteiger partial charge is 0.321 e. The number of carbonyl (C=O) groups is 1. The van der Waals surface area contributed by atoms with Crippen molar-refractivity contribution >= 4 is 56.3 Å². The second-order valence-electron chi connectivity index (χ2n) is 17.3. The summed E-state index contributed by atoms with van der Waals surface area (Å²) in [6, 6.07) is 65.6. The van der Waals surface area contributed by atoms with E-state index in [4.69, 9.17) is 0 Å². The fraction of sp³-hybridized carbons (Fsp3) is 0.167. The first-order valence-electron chi connectivity index (χ1n) is 20.0. The molecule has 1 N–H and O–H groups in total. The van der Waals surface area contributed by atoms with Gasteiger partial charge in [-0.3, -0.25) is 4.79 Å². The SMILES string of the molecule is CC(C)(C)c1cc(C[P+](c2ccccc2)(c2ccccc2)c2ccc3ccccc3c2-c2c(NC(=O)c3ccccc3)ccc3ccccc23)cc(C(C)(C)C)c1. The van der Waals surface area contributed by atoms with E-state index in [0.29, 0.717) is 5.56 Å². The number of nitrogens with one attached hydrogen (secondary N) is 1. The molecule has 0 bridgehead atoms. The number of benzene rings is 8. The topological polar surface area (TPSA) is 29.1 Å². The lowest BCUT2D eigenvalue weighted by Gasteiger charge is -2.32. The van der Waals surface area contributed by atoms with Gasteiger partial charge in [0.15, 0.2) is 0 Å². The van der Waals surface area contributed by atoms with E-state index in [1.807, 2.05) is 30.3 Å². The fourth-order valence-electron chi connectivity index (χ4n) is 8.25. The van der Waals surface area contributed by atoms with Gasteiger partial charge in [0.25, 0.3) is 5.91 Å². The van der Waals surface area contributed by atoms with Crippen molar-refractivity contribution in [3.8, 4) is 11.1 Å². The fourth-order valence-corrected chi connectivity index (χ4v) is 12.7. The van der Waals surface area contributed by atoms with Gasteiger partial charge in [-0.25, -0.2) is 0 Å². The number of anilines is 1. The number of fused-ring (bicyclic) bond motifs is 2. The molecule has 0 aliphatic carbocycles. The summed E-state index contributed by atoms with van der Waals surface area (Å²) in [7, 11) is -2.53. The number of rotatable bonds is 8. The van der Waals surface area contributed by atoms with Gasteiger partial charge in [-0.15, -0.1) is 0 Å². The van der Waals surface area contributed by atoms with Gasteiger partial charge >= 0.3 is 0 Å². The summed E-state index contributed by atoms with van der Waals surface area (Å²) >= 11 is 0. The molecule has 1 amide bonds. The Hall–Kier alpha value is -5.82. The van der Waals surface area contributed by atoms with E-state index in [0.717, 1.165) is 44.5 Å². The Balaban J connectivity index is 1.52. The van der Waals surface area contributed by atoms with Crippen LogP contribution in [0.15, 0.2) is 182 Å². The van der Waals surface area contributed by atoms with Crippen LogP contribution in [-0.2, 0) is 17.0 Å². The van der Waals surface area contributed by atoms with Crippen LogP contribution in [0.4, 0.5) is 5.69 Å². The van der Waals surface area contributed by atoms with Crippen LogP contribution in [0.2, 0.25) is 0 Å². The molecule has 282 valence electrons. The van der Waals surface area contributed by atoms with Crippen LogP contribution in [-0.4, -0.2) is 5.91 Å². The van der Waals surface area contributed by atoms with Gasteiger partial charge in [-0.1, -0.05) is 175 Å². The van der Waals surface area contributed by atoms with Gasteiger partial charge in [-0.2, -0.15) is 0 Å². The maximum Gasteiger partial charge on any atom is 0.255 e. The summed E-state index contributed by atoms with van der Waals surface area (Å²) in [5.41, 5.74) is 7.60. The van der Waals surface area contributed by atoms with E-state index < -0.39 is 7.26 Å². The molecule has 0 saturated carbocycles. The van der Waals surface area contributed by atoms with Gasteiger partial charge in [0.2, 0.25) is 0 Å². The average molecular weight is 761 g/mol. The van der Waals surface area contributed by atoms with Crippen LogP contribution in [0, 0.1) is 0 Å². The van der Waals surface area contributed by atoms with Crippen LogP contribution >= 0.6 is 7.26 Å². The molecule has 0 fully saturated rings. The molecule has 8 aromatic carbocycles. The highest BCUT2D eigenvalue weighted by molar-refractivity contribution is 7.95. The van der Waals surface area contributed by atoms with Crippen molar-refractivity contribution in [3.05, 3.63) is 204 Å². The summed E-state index contributed by atoms with van der Waals surface area (Å²) in [4.78, 5) is 14.1. The standard InChI is InChI=1S/C54H50NOP/c1-53(2,3)42-34-38(35-43(36-42)54(4,5)6)37-57(44-24-12-8-13-25-44,45-26-14-9-15-27-45)49-33-31-40-21-17-19-29-47(40)51(49)50-46-28-18-16-20-39(46)30-32-48(50)55-52(56)41-22-10-7-11-23-41/h7-36H,37H2,1-6H3/p+1. The molecule has 0 aliphatic rings. The van der Waals surface area contributed by atoms with Gasteiger partial charge in [0.05, 0.1) is 6.16 Å². The monoisotopic (exact) mass is 760 g/mol. The first-order valence-corrected chi connectivity index (χ1v) is 22.0. The van der Waals surface area contributed by atoms with E-state index in [9.17, 15) is 4.79 Å². The molecule has 3 heteroatoms. The van der Waals surface area contributed by atoms with Crippen molar-refractivity contribution in [2.45, 2.75) is 58.5 Å². The van der Waals surface area contributed by atoms with Crippen molar-refractivity contribution in [2.75, 3.05) is 5.32 Å². The Morgan fingerprint density at radius 2 is 0.947 bits per heavy atom. The summed E-state index contributed by atoms with van der Waals surface area (Å²) < 4.78 is 0. The lowest BCUT2D eigenvalue weighted by Crippen LogP contribution is -2.34. The van der Waals surface area contributed by atoms with Crippen LogP contribution in [0.5, 0.6) is 0 Å². The van der Waals surface area contributed by atoms with E-state index in [2.05, 4.69) is 199 Å². The Morgan fingerprint density at radius 1 is 0.491 bits per heavy atom. The molecule has 0 saturated heterocycles. The minimum atomic E-state index is -2.53. The van der Waals surface area contributed by atoms with Crippen molar-refractivity contribution < 1.29 is 4.79 Å². The van der Waals surface area contributed by atoms with Crippen LogP contribution < -0.4 is 21.2 Å². The summed E-state index contributed by atoms with van der Waals surface area (Å²) in [5, 5.41) is 11.9. The molecule has 0 aliphatic heterocycles. The molecular weight excluding hydrogens is 710 g/mol. The molecule has 0 aromatic heterocycles. The third-order valence-electron chi connectivity index (χ3n) is 11.3. The summed E-state index contributed by atoms with van der Waals surface area (Å²) in [6.45, 7) is 13.9. The summed E-state index contributed by atoms with van der Waals surface area (Å²) in [6.07, 6.45) is 0.829. The lowest BCUT2D eigenvalue weighted by molar-refractivity contribution is 0.102. The maximum atomic E-state index is 14.1. The van der Waals surface area contributed by atoms with Crippen molar-refractivity contribution in [1.82, 2.24) is 0 Å². The average Bonchev–Trinajstić information content (AvgIpc) is 3.23. The Kier molecular flexibility index (Phi) is 10.2. The molecule has 0 heterocycles. The number of hydrogen-bond acceptors (Lipinski definition) is 1. The van der Waals surface area contributed by atoms with Gasteiger partial charge in [-0.05, 0) is 97.6 Å². The predicted octanol–water partition coefficient (Wildman–Crippen LogP) is 13.0.